The van der Waals surface area contributed by atoms with Gasteiger partial charge in [0, 0.05) is 49.6 Å². The fraction of sp³-hybridized carbons (Fsp3) is 0.500. The molecule has 6 heteroatoms. The zero-order valence-corrected chi connectivity index (χ0v) is 15.1. The maximum Gasteiger partial charge on any atom is 0.253 e. The minimum Gasteiger partial charge on any atom is -0.464 e. The second kappa shape index (κ2) is 7.11. The lowest BCUT2D eigenvalue weighted by molar-refractivity contribution is -0.140. The number of benzene rings is 1. The zero-order chi connectivity index (χ0) is 18.1. The summed E-state index contributed by atoms with van der Waals surface area (Å²) in [6, 6.07) is 7.74. The average molecular weight is 355 g/mol. The van der Waals surface area contributed by atoms with Gasteiger partial charge >= 0.3 is 0 Å². The molecule has 0 radical (unpaired) electrons. The van der Waals surface area contributed by atoms with Gasteiger partial charge in [-0.2, -0.15) is 0 Å². The highest BCUT2D eigenvalue weighted by Crippen LogP contribution is 2.32. The molecule has 0 bridgehead atoms. The van der Waals surface area contributed by atoms with Crippen molar-refractivity contribution in [2.24, 2.45) is 5.92 Å². The van der Waals surface area contributed by atoms with Crippen LogP contribution >= 0.6 is 0 Å². The highest BCUT2D eigenvalue weighted by molar-refractivity contribution is 5.97. The summed E-state index contributed by atoms with van der Waals surface area (Å²) in [5, 5.41) is 4.08. The van der Waals surface area contributed by atoms with Crippen molar-refractivity contribution in [2.75, 3.05) is 33.2 Å². The molecule has 6 nitrogen and oxygen atoms in total. The van der Waals surface area contributed by atoms with Gasteiger partial charge in [-0.25, -0.2) is 0 Å². The molecule has 2 fully saturated rings. The number of nitrogens with one attached hydrogen (secondary N) is 1. The monoisotopic (exact) mass is 355 g/mol. The molecule has 0 spiro atoms. The van der Waals surface area contributed by atoms with E-state index in [4.69, 9.17) is 4.42 Å². The van der Waals surface area contributed by atoms with Crippen LogP contribution in [-0.2, 0) is 4.79 Å². The Morgan fingerprint density at radius 2 is 2.19 bits per heavy atom. The second-order valence-electron chi connectivity index (χ2n) is 7.27. The van der Waals surface area contributed by atoms with E-state index in [1.807, 2.05) is 41.1 Å². The minimum atomic E-state index is 0.0743. The second-order valence-corrected chi connectivity index (χ2v) is 7.27. The van der Waals surface area contributed by atoms with Crippen LogP contribution in [0.2, 0.25) is 0 Å². The van der Waals surface area contributed by atoms with Gasteiger partial charge in [-0.3, -0.25) is 9.59 Å². The Hall–Kier alpha value is -2.34. The number of likely N-dealkylation sites (N-methyl/N-ethyl adjacent to an activating group) is 1. The van der Waals surface area contributed by atoms with Crippen molar-refractivity contribution in [1.29, 1.82) is 0 Å². The number of nitrogens with zero attached hydrogens (tertiary/aromatic N) is 2. The first-order valence-corrected chi connectivity index (χ1v) is 9.38. The van der Waals surface area contributed by atoms with Gasteiger partial charge in [0.25, 0.3) is 5.91 Å². The van der Waals surface area contributed by atoms with Crippen LogP contribution in [0.1, 0.15) is 29.6 Å². The van der Waals surface area contributed by atoms with Gasteiger partial charge in [0.2, 0.25) is 5.91 Å². The number of carbonyl (C=O) groups excluding carboxylic acids is 2. The molecule has 0 saturated carbocycles. The Balaban J connectivity index is 1.47. The summed E-state index contributed by atoms with van der Waals surface area (Å²) in [7, 11) is 1.91. The van der Waals surface area contributed by atoms with E-state index in [1.165, 1.54) is 0 Å². The molecule has 26 heavy (non-hydrogen) atoms. The Kier molecular flexibility index (Phi) is 4.68. The zero-order valence-electron chi connectivity index (χ0n) is 15.1. The van der Waals surface area contributed by atoms with Crippen LogP contribution in [0.3, 0.4) is 0 Å². The molecule has 2 unspecified atom stereocenters. The molecule has 138 valence electrons. The number of hydrogen-bond acceptors (Lipinski definition) is 4. The van der Waals surface area contributed by atoms with E-state index in [-0.39, 0.29) is 17.9 Å². The number of fused-ring (bicyclic) bond motifs is 2. The molecule has 2 aliphatic heterocycles. The molecule has 1 aromatic carbocycles. The van der Waals surface area contributed by atoms with E-state index < -0.39 is 0 Å². The van der Waals surface area contributed by atoms with Crippen molar-refractivity contribution >= 4 is 22.8 Å². The van der Waals surface area contributed by atoms with E-state index in [2.05, 4.69) is 5.32 Å². The van der Waals surface area contributed by atoms with Gasteiger partial charge in [-0.1, -0.05) is 0 Å². The molecular formula is C20H25N3O3. The number of hydrogen-bond donors (Lipinski definition) is 1. The molecule has 2 saturated heterocycles. The van der Waals surface area contributed by atoms with Gasteiger partial charge in [0.05, 0.1) is 6.26 Å². The number of piperidine rings is 2. The van der Waals surface area contributed by atoms with Gasteiger partial charge in [-0.15, -0.1) is 0 Å². The molecular weight excluding hydrogens is 330 g/mol. The smallest absolute Gasteiger partial charge is 0.253 e. The fourth-order valence-corrected chi connectivity index (χ4v) is 4.34. The number of likely N-dealkylation sites (tertiary alicyclic amines) is 2. The van der Waals surface area contributed by atoms with Crippen LogP contribution in [0.4, 0.5) is 0 Å². The Morgan fingerprint density at radius 3 is 3.04 bits per heavy atom. The third-order valence-electron chi connectivity index (χ3n) is 5.73. The Labute approximate surface area is 153 Å². The first kappa shape index (κ1) is 17.1. The topological polar surface area (TPSA) is 65.8 Å². The number of rotatable bonds is 4. The lowest BCUT2D eigenvalue weighted by Gasteiger charge is -2.47. The third kappa shape index (κ3) is 3.09. The molecule has 1 aromatic heterocycles. The van der Waals surface area contributed by atoms with Crippen molar-refractivity contribution in [2.45, 2.75) is 25.3 Å². The first-order chi connectivity index (χ1) is 12.7. The standard InChI is InChI=1S/C20H25N3O3/c1-21-8-10-23-17-6-9-22(13-16(17)3-5-19(23)24)20(25)15-2-4-18-14(12-15)7-11-26-18/h2,4,7,11-12,16-17,21H,3,5-6,8-10,13H2,1H3. The van der Waals surface area contributed by atoms with Crippen LogP contribution in [0, 0.1) is 5.92 Å². The third-order valence-corrected chi connectivity index (χ3v) is 5.73. The largest absolute Gasteiger partial charge is 0.464 e. The Morgan fingerprint density at radius 1 is 1.31 bits per heavy atom. The molecule has 4 rings (SSSR count). The van der Waals surface area contributed by atoms with Crippen LogP contribution < -0.4 is 5.32 Å². The molecule has 2 amide bonds. The van der Waals surface area contributed by atoms with Crippen molar-refractivity contribution in [1.82, 2.24) is 15.1 Å². The summed E-state index contributed by atoms with van der Waals surface area (Å²) < 4.78 is 5.36. The molecule has 2 atom stereocenters. The SMILES string of the molecule is CNCCN1C(=O)CCC2CN(C(=O)c3ccc4occc4c3)CCC21. The van der Waals surface area contributed by atoms with Crippen molar-refractivity contribution in [3.05, 3.63) is 36.1 Å². The van der Waals surface area contributed by atoms with Crippen LogP contribution in [-0.4, -0.2) is 60.9 Å². The predicted octanol–water partition coefficient (Wildman–Crippen LogP) is 2.11. The summed E-state index contributed by atoms with van der Waals surface area (Å²) in [4.78, 5) is 29.2. The molecule has 3 heterocycles. The summed E-state index contributed by atoms with van der Waals surface area (Å²) in [5.41, 5.74) is 1.50. The quantitative estimate of drug-likeness (QED) is 0.912. The predicted molar refractivity (Wildman–Crippen MR) is 98.9 cm³/mol. The first-order valence-electron chi connectivity index (χ1n) is 9.38. The highest BCUT2D eigenvalue weighted by atomic mass is 16.3. The summed E-state index contributed by atoms with van der Waals surface area (Å²) in [6.45, 7) is 2.99. The summed E-state index contributed by atoms with van der Waals surface area (Å²) in [5.74, 6) is 0.705. The maximum absolute atomic E-state index is 13.0. The van der Waals surface area contributed by atoms with Crippen LogP contribution in [0.5, 0.6) is 0 Å². The highest BCUT2D eigenvalue weighted by Gasteiger charge is 2.40. The minimum absolute atomic E-state index is 0.0743. The van der Waals surface area contributed by atoms with Crippen LogP contribution in [0.15, 0.2) is 34.9 Å². The number of furan rings is 1. The van der Waals surface area contributed by atoms with Gasteiger partial charge in [0.1, 0.15) is 5.58 Å². The van der Waals surface area contributed by atoms with E-state index in [0.29, 0.717) is 24.4 Å². The van der Waals surface area contributed by atoms with E-state index in [1.54, 1.807) is 6.26 Å². The number of carbonyl (C=O) groups is 2. The van der Waals surface area contributed by atoms with Crippen molar-refractivity contribution in [3.8, 4) is 0 Å². The van der Waals surface area contributed by atoms with E-state index in [9.17, 15) is 9.59 Å². The summed E-state index contributed by atoms with van der Waals surface area (Å²) in [6.07, 6.45) is 3.97. The van der Waals surface area contributed by atoms with Gasteiger partial charge in [-0.05, 0) is 50.1 Å². The fourth-order valence-electron chi connectivity index (χ4n) is 4.34. The van der Waals surface area contributed by atoms with Crippen molar-refractivity contribution in [3.63, 3.8) is 0 Å². The molecule has 0 aliphatic carbocycles. The summed E-state index contributed by atoms with van der Waals surface area (Å²) >= 11 is 0. The molecule has 2 aliphatic rings. The average Bonchev–Trinajstić information content (AvgIpc) is 3.14. The van der Waals surface area contributed by atoms with Crippen LogP contribution in [0.25, 0.3) is 11.0 Å². The lowest BCUT2D eigenvalue weighted by atomic mass is 9.83. The van der Waals surface area contributed by atoms with Gasteiger partial charge < -0.3 is 19.5 Å². The van der Waals surface area contributed by atoms with Crippen molar-refractivity contribution < 1.29 is 14.0 Å². The van der Waals surface area contributed by atoms with E-state index >= 15 is 0 Å². The number of amides is 2. The maximum atomic E-state index is 13.0. The normalized spacial score (nSPS) is 23.3. The van der Waals surface area contributed by atoms with Gasteiger partial charge in [0.15, 0.2) is 0 Å². The Bertz CT molecular complexity index is 815. The lowest BCUT2D eigenvalue weighted by Crippen LogP contribution is -2.57. The molecule has 1 N–H and O–H groups in total. The molecule has 2 aromatic rings. The van der Waals surface area contributed by atoms with E-state index in [0.717, 1.165) is 43.4 Å².